The summed E-state index contributed by atoms with van der Waals surface area (Å²) < 4.78 is 40.1. The molecule has 0 amide bonds. The number of likely N-dealkylation sites (tertiary alicyclic amines) is 1. The third-order valence-electron chi connectivity index (χ3n) is 7.32. The van der Waals surface area contributed by atoms with Gasteiger partial charge in [0, 0.05) is 57.1 Å². The Kier molecular flexibility index (Phi) is 6.35. The van der Waals surface area contributed by atoms with Gasteiger partial charge in [-0.25, -0.2) is 9.50 Å². The summed E-state index contributed by atoms with van der Waals surface area (Å²) in [4.78, 5) is 11.2. The number of nitrogens with zero attached hydrogens (tertiary/aromatic N) is 6. The minimum absolute atomic E-state index is 0.130. The molecule has 0 saturated carbocycles. The van der Waals surface area contributed by atoms with Crippen molar-refractivity contribution in [2.45, 2.75) is 32.0 Å². The molecule has 2 aromatic heterocycles. The average Bonchev–Trinajstić information content (AvgIpc) is 3.51. The average molecular weight is 489 g/mol. The van der Waals surface area contributed by atoms with E-state index in [0.29, 0.717) is 17.9 Å². The van der Waals surface area contributed by atoms with E-state index in [1.54, 1.807) is 6.07 Å². The van der Waals surface area contributed by atoms with Gasteiger partial charge in [0.15, 0.2) is 5.82 Å². The molecular formula is C25H31F3N6O. The number of benzene rings is 1. The molecule has 1 unspecified atom stereocenters. The number of rotatable bonds is 7. The molecule has 1 spiro atoms. The Morgan fingerprint density at radius 3 is 2.60 bits per heavy atom. The first-order chi connectivity index (χ1) is 16.7. The van der Waals surface area contributed by atoms with Gasteiger partial charge < -0.3 is 14.9 Å². The fourth-order valence-electron chi connectivity index (χ4n) is 5.55. The Morgan fingerprint density at radius 1 is 1.09 bits per heavy atom. The second kappa shape index (κ2) is 9.31. The fraction of sp³-hybridized carbons (Fsp3) is 0.520. The van der Waals surface area contributed by atoms with Crippen LogP contribution in [-0.2, 0) is 13.0 Å². The number of anilines is 2. The second-order valence-corrected chi connectivity index (χ2v) is 10.00. The zero-order valence-electron chi connectivity index (χ0n) is 19.9. The quantitative estimate of drug-likeness (QED) is 0.551. The van der Waals surface area contributed by atoms with Crippen molar-refractivity contribution >= 4 is 17.0 Å². The highest BCUT2D eigenvalue weighted by molar-refractivity contribution is 5.70. The van der Waals surface area contributed by atoms with E-state index in [2.05, 4.69) is 44.1 Å². The van der Waals surface area contributed by atoms with Crippen molar-refractivity contribution in [1.82, 2.24) is 19.5 Å². The van der Waals surface area contributed by atoms with E-state index in [4.69, 9.17) is 5.11 Å². The van der Waals surface area contributed by atoms with E-state index >= 15 is 0 Å². The van der Waals surface area contributed by atoms with E-state index in [-0.39, 0.29) is 17.6 Å². The summed E-state index contributed by atoms with van der Waals surface area (Å²) in [6.45, 7) is 5.34. The van der Waals surface area contributed by atoms with Gasteiger partial charge in [0.2, 0.25) is 0 Å². The summed E-state index contributed by atoms with van der Waals surface area (Å²) in [7, 11) is 1.97. The molecule has 188 valence electrons. The molecule has 7 nitrogen and oxygen atoms in total. The predicted molar refractivity (Wildman–Crippen MR) is 129 cm³/mol. The fourth-order valence-corrected chi connectivity index (χ4v) is 5.55. The topological polar surface area (TPSA) is 60.1 Å². The van der Waals surface area contributed by atoms with E-state index in [1.807, 2.05) is 11.9 Å². The first-order valence-electron chi connectivity index (χ1n) is 12.0. The van der Waals surface area contributed by atoms with Gasteiger partial charge in [-0.3, -0.25) is 4.90 Å². The molecule has 2 aliphatic heterocycles. The third-order valence-corrected chi connectivity index (χ3v) is 7.32. The second-order valence-electron chi connectivity index (χ2n) is 10.00. The highest BCUT2D eigenvalue weighted by Gasteiger charge is 2.44. The summed E-state index contributed by atoms with van der Waals surface area (Å²) in [5.74, 6) is 0.714. The van der Waals surface area contributed by atoms with Gasteiger partial charge in [-0.15, -0.1) is 0 Å². The Balaban J connectivity index is 1.24. The normalized spacial score (nSPS) is 21.0. The monoisotopic (exact) mass is 488 g/mol. The number of likely N-dealkylation sites (N-methyl/N-ethyl adjacent to an activating group) is 1. The van der Waals surface area contributed by atoms with Crippen LogP contribution in [0.2, 0.25) is 0 Å². The van der Waals surface area contributed by atoms with Gasteiger partial charge in [0.25, 0.3) is 0 Å². The first kappa shape index (κ1) is 23.9. The van der Waals surface area contributed by atoms with E-state index in [0.717, 1.165) is 51.3 Å². The molecule has 4 heterocycles. The summed E-state index contributed by atoms with van der Waals surface area (Å²) >= 11 is 0. The molecule has 2 fully saturated rings. The van der Waals surface area contributed by atoms with Crippen LogP contribution in [0.4, 0.5) is 24.7 Å². The third kappa shape index (κ3) is 5.23. The smallest absolute Gasteiger partial charge is 0.393 e. The van der Waals surface area contributed by atoms with Gasteiger partial charge in [0.1, 0.15) is 11.8 Å². The molecule has 1 atom stereocenters. The SMILES string of the molecule is CN(CCO)c1ccc(CN2CCC3(CCN(c4ncnn5cc(CC(F)(F)F)cc45)C3)C2)cc1. The van der Waals surface area contributed by atoms with Crippen LogP contribution in [0.3, 0.4) is 0 Å². The number of aliphatic hydroxyl groups is 1. The first-order valence-corrected chi connectivity index (χ1v) is 12.0. The Labute approximate surface area is 202 Å². The van der Waals surface area contributed by atoms with Crippen LogP contribution in [0, 0.1) is 5.41 Å². The molecule has 35 heavy (non-hydrogen) atoms. The molecule has 1 aromatic carbocycles. The minimum Gasteiger partial charge on any atom is -0.395 e. The van der Waals surface area contributed by atoms with E-state index in [9.17, 15) is 13.2 Å². The zero-order chi connectivity index (χ0) is 24.6. The van der Waals surface area contributed by atoms with Crippen molar-refractivity contribution in [3.8, 4) is 0 Å². The van der Waals surface area contributed by atoms with Crippen LogP contribution in [-0.4, -0.2) is 77.2 Å². The van der Waals surface area contributed by atoms with Crippen molar-refractivity contribution in [2.75, 3.05) is 56.2 Å². The summed E-state index contributed by atoms with van der Waals surface area (Å²) in [6.07, 6.45) is -0.201. The van der Waals surface area contributed by atoms with Gasteiger partial charge in [0.05, 0.1) is 13.0 Å². The molecule has 2 aliphatic rings. The van der Waals surface area contributed by atoms with Crippen LogP contribution in [0.1, 0.15) is 24.0 Å². The molecule has 0 aliphatic carbocycles. The molecule has 10 heteroatoms. The predicted octanol–water partition coefficient (Wildman–Crippen LogP) is 3.37. The van der Waals surface area contributed by atoms with E-state index in [1.165, 1.54) is 22.6 Å². The number of aromatic nitrogens is 3. The van der Waals surface area contributed by atoms with Gasteiger partial charge in [-0.1, -0.05) is 12.1 Å². The summed E-state index contributed by atoms with van der Waals surface area (Å²) in [6, 6.07) is 10.1. The van der Waals surface area contributed by atoms with Crippen molar-refractivity contribution in [3.63, 3.8) is 0 Å². The Hall–Kier alpha value is -2.85. The lowest BCUT2D eigenvalue weighted by Gasteiger charge is -2.25. The number of hydrogen-bond donors (Lipinski definition) is 1. The Bertz CT molecular complexity index is 1160. The van der Waals surface area contributed by atoms with Crippen LogP contribution in [0.5, 0.6) is 0 Å². The van der Waals surface area contributed by atoms with E-state index < -0.39 is 12.6 Å². The molecule has 2 saturated heterocycles. The summed E-state index contributed by atoms with van der Waals surface area (Å²) in [5.41, 5.74) is 3.36. The number of alkyl halides is 3. The molecule has 1 N–H and O–H groups in total. The zero-order valence-corrected chi connectivity index (χ0v) is 19.9. The molecule has 0 bridgehead atoms. The largest absolute Gasteiger partial charge is 0.395 e. The molecule has 3 aromatic rings. The maximum absolute atomic E-state index is 12.9. The maximum Gasteiger partial charge on any atom is 0.393 e. The number of fused-ring (bicyclic) bond motifs is 1. The van der Waals surface area contributed by atoms with Crippen LogP contribution >= 0.6 is 0 Å². The van der Waals surface area contributed by atoms with Crippen molar-refractivity contribution in [3.05, 3.63) is 54.0 Å². The summed E-state index contributed by atoms with van der Waals surface area (Å²) in [5, 5.41) is 13.3. The molecule has 0 radical (unpaired) electrons. The van der Waals surface area contributed by atoms with Crippen molar-refractivity contribution in [1.29, 1.82) is 0 Å². The lowest BCUT2D eigenvalue weighted by Crippen LogP contribution is -2.31. The van der Waals surface area contributed by atoms with Crippen LogP contribution < -0.4 is 9.80 Å². The van der Waals surface area contributed by atoms with Crippen molar-refractivity contribution in [2.24, 2.45) is 5.41 Å². The number of halogens is 3. The number of aliphatic hydroxyl groups excluding tert-OH is 1. The highest BCUT2D eigenvalue weighted by atomic mass is 19.4. The number of hydrogen-bond acceptors (Lipinski definition) is 6. The van der Waals surface area contributed by atoms with Gasteiger partial charge in [-0.05, 0) is 48.7 Å². The molecule has 5 rings (SSSR count). The van der Waals surface area contributed by atoms with Crippen LogP contribution in [0.25, 0.3) is 5.52 Å². The minimum atomic E-state index is -4.25. The standard InChI is InChI=1S/C25H31F3N6O/c1-31(10-11-35)21-4-2-19(3-5-21)14-32-8-6-24(16-32)7-9-33(17-24)23-22-12-20(13-25(26,27)28)15-34(22)30-18-29-23/h2-5,12,15,18,35H,6-11,13-14,16-17H2,1H3. The molecular weight excluding hydrogens is 457 g/mol. The Morgan fingerprint density at radius 2 is 1.86 bits per heavy atom. The van der Waals surface area contributed by atoms with Gasteiger partial charge in [-0.2, -0.15) is 18.3 Å². The van der Waals surface area contributed by atoms with Crippen LogP contribution in [0.15, 0.2) is 42.9 Å². The lowest BCUT2D eigenvalue weighted by molar-refractivity contribution is -0.127. The van der Waals surface area contributed by atoms with Gasteiger partial charge >= 0.3 is 6.18 Å². The lowest BCUT2D eigenvalue weighted by atomic mass is 9.86. The van der Waals surface area contributed by atoms with Crippen molar-refractivity contribution < 1.29 is 18.3 Å². The highest BCUT2D eigenvalue weighted by Crippen LogP contribution is 2.42. The maximum atomic E-state index is 12.9.